The van der Waals surface area contributed by atoms with E-state index >= 15 is 0 Å². The SMILES string of the molecule is O=C(O)CCNC(=O)OCC1OC(n2cnc3c(N[C@@H]4CCOC4)ncnc32)C(O)C1O. The zero-order chi connectivity index (χ0) is 22.7. The zero-order valence-electron chi connectivity index (χ0n) is 17.0. The Kier molecular flexibility index (Phi) is 6.64. The molecule has 2 aliphatic rings. The number of carboxylic acids is 1. The van der Waals surface area contributed by atoms with E-state index in [2.05, 4.69) is 25.6 Å². The van der Waals surface area contributed by atoms with Gasteiger partial charge < -0.3 is 40.2 Å². The number of hydrogen-bond acceptors (Lipinski definition) is 11. The van der Waals surface area contributed by atoms with E-state index in [4.69, 9.17) is 19.3 Å². The smallest absolute Gasteiger partial charge is 0.407 e. The van der Waals surface area contributed by atoms with E-state index in [1.807, 2.05) is 0 Å². The largest absolute Gasteiger partial charge is 0.481 e. The van der Waals surface area contributed by atoms with Crippen molar-refractivity contribution in [1.29, 1.82) is 0 Å². The van der Waals surface area contributed by atoms with Crippen molar-refractivity contribution in [3.63, 3.8) is 0 Å². The maximum absolute atomic E-state index is 11.7. The lowest BCUT2D eigenvalue weighted by Gasteiger charge is -2.17. The number of fused-ring (bicyclic) bond motifs is 1. The van der Waals surface area contributed by atoms with Crippen LogP contribution in [0.1, 0.15) is 19.1 Å². The molecule has 1 amide bonds. The van der Waals surface area contributed by atoms with E-state index in [0.29, 0.717) is 30.2 Å². The predicted molar refractivity (Wildman–Crippen MR) is 106 cm³/mol. The number of rotatable bonds is 8. The minimum absolute atomic E-state index is 0.0996. The number of nitrogens with zero attached hydrogens (tertiary/aromatic N) is 4. The van der Waals surface area contributed by atoms with E-state index < -0.39 is 36.6 Å². The summed E-state index contributed by atoms with van der Waals surface area (Å²) < 4.78 is 17.5. The highest BCUT2D eigenvalue weighted by atomic mass is 16.6. The average Bonchev–Trinajstić information content (AvgIpc) is 3.48. The van der Waals surface area contributed by atoms with Gasteiger partial charge in [-0.2, -0.15) is 0 Å². The molecule has 14 heteroatoms. The molecule has 4 rings (SSSR count). The number of carbonyl (C=O) groups excluding carboxylic acids is 1. The van der Waals surface area contributed by atoms with E-state index in [1.54, 1.807) is 0 Å². The van der Waals surface area contributed by atoms with Crippen LogP contribution in [-0.2, 0) is 19.0 Å². The van der Waals surface area contributed by atoms with Crippen LogP contribution in [0, 0.1) is 0 Å². The molecule has 2 saturated heterocycles. The molecule has 0 aliphatic carbocycles. The maximum Gasteiger partial charge on any atom is 0.407 e. The summed E-state index contributed by atoms with van der Waals surface area (Å²) in [7, 11) is 0. The molecule has 0 bridgehead atoms. The van der Waals surface area contributed by atoms with Crippen molar-refractivity contribution >= 4 is 29.0 Å². The van der Waals surface area contributed by atoms with E-state index in [0.717, 1.165) is 6.42 Å². The Morgan fingerprint density at radius 3 is 2.84 bits per heavy atom. The van der Waals surface area contributed by atoms with Crippen molar-refractivity contribution < 1.29 is 39.1 Å². The summed E-state index contributed by atoms with van der Waals surface area (Å²) >= 11 is 0. The number of amides is 1. The Balaban J connectivity index is 1.41. The number of ether oxygens (including phenoxy) is 3. The molecule has 0 radical (unpaired) electrons. The first-order chi connectivity index (χ1) is 15.4. The van der Waals surface area contributed by atoms with Crippen LogP contribution in [0.5, 0.6) is 0 Å². The molecule has 0 aromatic carbocycles. The summed E-state index contributed by atoms with van der Waals surface area (Å²) in [4.78, 5) is 34.9. The molecular formula is C18H24N6O8. The Morgan fingerprint density at radius 1 is 1.25 bits per heavy atom. The normalized spacial score (nSPS) is 27.5. The van der Waals surface area contributed by atoms with Gasteiger partial charge in [0.2, 0.25) is 0 Å². The maximum atomic E-state index is 11.7. The minimum atomic E-state index is -1.33. The fourth-order valence-corrected chi connectivity index (χ4v) is 3.56. The molecule has 2 aliphatic heterocycles. The van der Waals surface area contributed by atoms with Gasteiger partial charge in [-0.05, 0) is 6.42 Å². The van der Waals surface area contributed by atoms with Gasteiger partial charge in [-0.15, -0.1) is 0 Å². The van der Waals surface area contributed by atoms with Crippen molar-refractivity contribution in [3.05, 3.63) is 12.7 Å². The first-order valence-corrected chi connectivity index (χ1v) is 10.1. The Bertz CT molecular complexity index is 964. The first-order valence-electron chi connectivity index (χ1n) is 10.1. The highest BCUT2D eigenvalue weighted by molar-refractivity contribution is 5.82. The number of aromatic nitrogens is 4. The average molecular weight is 452 g/mol. The monoisotopic (exact) mass is 452 g/mol. The van der Waals surface area contributed by atoms with Crippen LogP contribution < -0.4 is 10.6 Å². The number of hydrogen-bond donors (Lipinski definition) is 5. The van der Waals surface area contributed by atoms with Crippen molar-refractivity contribution in [2.75, 3.05) is 31.7 Å². The lowest BCUT2D eigenvalue weighted by Crippen LogP contribution is -2.36. The molecule has 5 atom stereocenters. The van der Waals surface area contributed by atoms with Gasteiger partial charge in [0.1, 0.15) is 31.2 Å². The Labute approximate surface area is 181 Å². The number of anilines is 1. The predicted octanol–water partition coefficient (Wildman–Crippen LogP) is -1.15. The molecule has 4 unspecified atom stereocenters. The molecular weight excluding hydrogens is 428 g/mol. The molecule has 2 fully saturated rings. The van der Waals surface area contributed by atoms with Crippen molar-refractivity contribution in [3.8, 4) is 0 Å². The van der Waals surface area contributed by atoms with Gasteiger partial charge in [-0.25, -0.2) is 19.7 Å². The molecule has 4 heterocycles. The summed E-state index contributed by atoms with van der Waals surface area (Å²) in [6, 6.07) is 0.108. The van der Waals surface area contributed by atoms with Crippen LogP contribution in [0.3, 0.4) is 0 Å². The number of alkyl carbamates (subject to hydrolysis) is 1. The molecule has 14 nitrogen and oxygen atoms in total. The highest BCUT2D eigenvalue weighted by Crippen LogP contribution is 2.32. The van der Waals surface area contributed by atoms with Crippen LogP contribution in [0.2, 0.25) is 0 Å². The van der Waals surface area contributed by atoms with Crippen LogP contribution in [0.15, 0.2) is 12.7 Å². The second-order valence-electron chi connectivity index (χ2n) is 7.47. The second-order valence-corrected chi connectivity index (χ2v) is 7.47. The summed E-state index contributed by atoms with van der Waals surface area (Å²) in [6.45, 7) is 0.789. The summed E-state index contributed by atoms with van der Waals surface area (Å²) in [6.07, 6.45) is -2.16. The number of imidazole rings is 1. The number of carbonyl (C=O) groups is 2. The van der Waals surface area contributed by atoms with Gasteiger partial charge in [0.25, 0.3) is 0 Å². The van der Waals surface area contributed by atoms with Gasteiger partial charge in [0.15, 0.2) is 23.2 Å². The van der Waals surface area contributed by atoms with E-state index in [9.17, 15) is 19.8 Å². The zero-order valence-corrected chi connectivity index (χ0v) is 17.0. The molecule has 2 aromatic rings. The van der Waals surface area contributed by atoms with Crippen LogP contribution in [0.4, 0.5) is 10.6 Å². The first kappa shape index (κ1) is 22.1. The number of aliphatic hydroxyl groups excluding tert-OH is 2. The number of aliphatic carboxylic acids is 1. The molecule has 5 N–H and O–H groups in total. The molecule has 0 spiro atoms. The highest BCUT2D eigenvalue weighted by Gasteiger charge is 2.45. The van der Waals surface area contributed by atoms with Crippen LogP contribution in [-0.4, -0.2) is 97.6 Å². The fourth-order valence-electron chi connectivity index (χ4n) is 3.56. The van der Waals surface area contributed by atoms with Gasteiger partial charge in [-0.1, -0.05) is 0 Å². The molecule has 2 aromatic heterocycles. The Morgan fingerprint density at radius 2 is 2.09 bits per heavy atom. The van der Waals surface area contributed by atoms with Crippen molar-refractivity contribution in [2.24, 2.45) is 0 Å². The number of nitrogens with one attached hydrogen (secondary N) is 2. The molecule has 0 saturated carbocycles. The van der Waals surface area contributed by atoms with Crippen molar-refractivity contribution in [2.45, 2.75) is 43.4 Å². The quantitative estimate of drug-likeness (QED) is 0.324. The number of carboxylic acid groups (broad SMARTS) is 1. The lowest BCUT2D eigenvalue weighted by molar-refractivity contribution is -0.136. The lowest BCUT2D eigenvalue weighted by atomic mass is 10.1. The van der Waals surface area contributed by atoms with Crippen LogP contribution >= 0.6 is 0 Å². The minimum Gasteiger partial charge on any atom is -0.481 e. The van der Waals surface area contributed by atoms with Gasteiger partial charge in [-0.3, -0.25) is 9.36 Å². The van der Waals surface area contributed by atoms with Crippen LogP contribution in [0.25, 0.3) is 11.2 Å². The molecule has 32 heavy (non-hydrogen) atoms. The van der Waals surface area contributed by atoms with Gasteiger partial charge in [0.05, 0.1) is 25.4 Å². The summed E-state index contributed by atoms with van der Waals surface area (Å²) in [5, 5.41) is 35.0. The third-order valence-electron chi connectivity index (χ3n) is 5.23. The number of aliphatic hydroxyl groups is 2. The Hall–Kier alpha value is -3.07. The molecule has 174 valence electrons. The van der Waals surface area contributed by atoms with E-state index in [1.165, 1.54) is 17.2 Å². The second kappa shape index (κ2) is 9.60. The third-order valence-corrected chi connectivity index (χ3v) is 5.23. The van der Waals surface area contributed by atoms with E-state index in [-0.39, 0.29) is 25.6 Å². The summed E-state index contributed by atoms with van der Waals surface area (Å²) in [5.41, 5.74) is 0.868. The topological polar surface area (TPSA) is 190 Å². The van der Waals surface area contributed by atoms with Gasteiger partial charge >= 0.3 is 12.1 Å². The summed E-state index contributed by atoms with van der Waals surface area (Å²) in [5.74, 6) is -0.535. The van der Waals surface area contributed by atoms with Gasteiger partial charge in [0, 0.05) is 13.2 Å². The fraction of sp³-hybridized carbons (Fsp3) is 0.611. The third kappa shape index (κ3) is 4.72. The van der Waals surface area contributed by atoms with Crippen molar-refractivity contribution in [1.82, 2.24) is 24.8 Å². The standard InChI is InChI=1S/C18H24N6O8/c25-11(26)1-3-19-18(29)31-6-10-13(27)14(28)17(32-10)24-8-22-12-15(20-7-21-16(12)24)23-9-2-4-30-5-9/h7-10,13-14,17,27-28H,1-6H2,(H,19,29)(H,25,26)(H,20,21,23)/t9-,10?,13?,14?,17?/m1/s1.